The Morgan fingerprint density at radius 3 is 2.18 bits per heavy atom. The largest absolute Gasteiger partial charge is 0.502 e. The van der Waals surface area contributed by atoms with Crippen molar-refractivity contribution in [1.29, 1.82) is 0 Å². The number of nitrogens with zero attached hydrogens (tertiary/aromatic N) is 2. The molecule has 0 unspecified atom stereocenters. The van der Waals surface area contributed by atoms with Crippen LogP contribution in [0.15, 0.2) is 78.4 Å². The van der Waals surface area contributed by atoms with Crippen molar-refractivity contribution in [2.45, 2.75) is 22.6 Å². The van der Waals surface area contributed by atoms with Gasteiger partial charge in [-0.2, -0.15) is 0 Å². The Hall–Kier alpha value is -4.69. The minimum absolute atomic E-state index is 0.0515. The molecule has 4 aliphatic rings. The van der Waals surface area contributed by atoms with Crippen LogP contribution in [0.2, 0.25) is 0 Å². The first-order chi connectivity index (χ1) is 24.3. The number of phenolic OH excluding ortho intramolecular Hbond substituents is 1. The van der Waals surface area contributed by atoms with Crippen molar-refractivity contribution in [2.75, 3.05) is 24.0 Å². The average Bonchev–Trinajstić information content (AvgIpc) is 3.46. The highest BCUT2D eigenvalue weighted by atomic mass is 35.5. The number of halogens is 3. The maximum Gasteiger partial charge on any atom is 0.488 e. The van der Waals surface area contributed by atoms with Crippen molar-refractivity contribution < 1.29 is 48.2 Å². The van der Waals surface area contributed by atoms with Gasteiger partial charge in [-0.15, -0.1) is 23.2 Å². The second kappa shape index (κ2) is 12.5. The van der Waals surface area contributed by atoms with Gasteiger partial charge in [0.25, 0.3) is 11.8 Å². The second-order valence-corrected chi connectivity index (χ2v) is 14.2. The maximum absolute atomic E-state index is 14.5. The van der Waals surface area contributed by atoms with Crippen molar-refractivity contribution in [3.8, 4) is 17.2 Å². The number of carbonyl (C=O) groups excluding carboxylic acids is 4. The highest BCUT2D eigenvalue weighted by molar-refractivity contribution is 6.59. The number of imide groups is 2. The number of hydrogen-bond acceptors (Lipinski definition) is 9. The molecular weight excluding hydrogens is 705 g/mol. The summed E-state index contributed by atoms with van der Waals surface area (Å²) in [6, 6.07) is 13.5. The molecule has 0 aromatic heterocycles. The molecule has 0 bridgehead atoms. The fourth-order valence-corrected chi connectivity index (χ4v) is 8.83. The summed E-state index contributed by atoms with van der Waals surface area (Å²) in [5.74, 6) is -7.17. The molecule has 0 radical (unpaired) electrons. The zero-order valence-corrected chi connectivity index (χ0v) is 28.6. The van der Waals surface area contributed by atoms with Gasteiger partial charge in [-0.3, -0.25) is 24.1 Å². The third-order valence-corrected chi connectivity index (χ3v) is 11.8. The zero-order chi connectivity index (χ0) is 36.6. The Bertz CT molecular complexity index is 2030. The van der Waals surface area contributed by atoms with Crippen molar-refractivity contribution in [3.05, 3.63) is 89.8 Å². The number of benzene rings is 3. The molecular formula is C36H30BCl2FN2O9. The summed E-state index contributed by atoms with van der Waals surface area (Å²) in [5.41, 5.74) is 1.28. The Balaban J connectivity index is 1.36. The van der Waals surface area contributed by atoms with Crippen LogP contribution < -0.4 is 24.7 Å². The summed E-state index contributed by atoms with van der Waals surface area (Å²) < 4.78 is 24.5. The lowest BCUT2D eigenvalue weighted by molar-refractivity contribution is -0.125. The number of methoxy groups -OCH3 is 2. The number of alkyl halides is 2. The molecule has 1 saturated carbocycles. The van der Waals surface area contributed by atoms with Crippen molar-refractivity contribution >= 4 is 76.9 Å². The molecule has 6 atom stereocenters. The second-order valence-electron chi connectivity index (χ2n) is 12.9. The van der Waals surface area contributed by atoms with E-state index in [1.165, 1.54) is 62.8 Å². The van der Waals surface area contributed by atoms with Crippen LogP contribution in [0.5, 0.6) is 17.2 Å². The summed E-state index contributed by atoms with van der Waals surface area (Å²) in [6.45, 7) is 0. The number of anilines is 2. The van der Waals surface area contributed by atoms with Crippen LogP contribution in [0.4, 0.5) is 15.8 Å². The van der Waals surface area contributed by atoms with Crippen LogP contribution in [-0.2, 0) is 19.2 Å². The predicted octanol–water partition coefficient (Wildman–Crippen LogP) is 3.54. The molecule has 2 aliphatic heterocycles. The first kappa shape index (κ1) is 34.7. The Labute approximate surface area is 301 Å². The SMILES string of the molecule is COc1cc(C=C[C@H]2C3=CC[C@@H]4C(=O)N(c5cccc(B(O)O)c5)C(=O)[C@@H]4[C@@H]3C[C@@]3(Cl)C(=O)N(c4ccc(F)cc4)C(=O)[C@@]23Cl)cc(OC)c1O. The van der Waals surface area contributed by atoms with Crippen molar-refractivity contribution in [3.63, 3.8) is 0 Å². The summed E-state index contributed by atoms with van der Waals surface area (Å²) in [7, 11) is 0.894. The third kappa shape index (κ3) is 5.08. The lowest BCUT2D eigenvalue weighted by Gasteiger charge is -2.49. The van der Waals surface area contributed by atoms with E-state index < -0.39 is 70.0 Å². The van der Waals surface area contributed by atoms with E-state index in [2.05, 4.69) is 0 Å². The third-order valence-electron chi connectivity index (χ3n) is 10.4. The van der Waals surface area contributed by atoms with Gasteiger partial charge in [0.05, 0.1) is 37.4 Å². The van der Waals surface area contributed by atoms with Gasteiger partial charge < -0.3 is 24.6 Å². The predicted molar refractivity (Wildman–Crippen MR) is 186 cm³/mol. The molecule has 3 N–H and O–H groups in total. The standard InChI is InChI=1S/C36H30BCl2FN2O9/c1-50-27-14-18(15-28(51-2)30(27)43)6-13-26-23-11-12-24-29(32(45)41(31(24)44)22-5-3-4-19(16-22)37(48)49)25(23)17-35(38)33(46)42(34(47)36(26,35)39)21-9-7-20(40)8-10-21/h3-11,13-16,24-26,29,43,48-49H,12,17H2,1-2H3/t24-,25+,26-,29-,35+,36-/m0/s1. The maximum atomic E-state index is 14.5. The lowest BCUT2D eigenvalue weighted by atomic mass is 9.57. The zero-order valence-electron chi connectivity index (χ0n) is 27.1. The number of fused-ring (bicyclic) bond motifs is 4. The van der Waals surface area contributed by atoms with E-state index in [0.29, 0.717) is 11.1 Å². The lowest BCUT2D eigenvalue weighted by Crippen LogP contribution is -2.60. The topological polar surface area (TPSA) is 154 Å². The molecule has 3 fully saturated rings. The smallest absolute Gasteiger partial charge is 0.488 e. The molecule has 2 saturated heterocycles. The quantitative estimate of drug-likeness (QED) is 0.143. The number of hydrogen-bond donors (Lipinski definition) is 3. The minimum atomic E-state index is -2.13. The first-order valence-electron chi connectivity index (χ1n) is 16.0. The van der Waals surface area contributed by atoms with E-state index >= 15 is 0 Å². The van der Waals surface area contributed by atoms with E-state index in [4.69, 9.17) is 32.7 Å². The summed E-state index contributed by atoms with van der Waals surface area (Å²) in [6.07, 6.45) is 4.79. The monoisotopic (exact) mass is 734 g/mol. The molecule has 7 rings (SSSR count). The first-order valence-corrected chi connectivity index (χ1v) is 16.7. The molecule has 15 heteroatoms. The van der Waals surface area contributed by atoms with Crippen molar-refractivity contribution in [1.82, 2.24) is 0 Å². The van der Waals surface area contributed by atoms with Gasteiger partial charge in [0.15, 0.2) is 21.2 Å². The van der Waals surface area contributed by atoms with Crippen LogP contribution in [0.1, 0.15) is 18.4 Å². The minimum Gasteiger partial charge on any atom is -0.502 e. The van der Waals surface area contributed by atoms with E-state index in [1.54, 1.807) is 18.2 Å². The van der Waals surface area contributed by atoms with E-state index in [9.17, 15) is 38.7 Å². The number of ether oxygens (including phenoxy) is 2. The molecule has 0 spiro atoms. The molecule has 2 heterocycles. The Morgan fingerprint density at radius 2 is 1.55 bits per heavy atom. The molecule has 4 amide bonds. The van der Waals surface area contributed by atoms with Gasteiger partial charge in [-0.1, -0.05) is 35.9 Å². The number of aromatic hydroxyl groups is 1. The van der Waals surface area contributed by atoms with E-state index in [-0.39, 0.29) is 46.9 Å². The van der Waals surface area contributed by atoms with Gasteiger partial charge in [0, 0.05) is 5.92 Å². The molecule has 2 aliphatic carbocycles. The fraction of sp³-hybridized carbons (Fsp3) is 0.278. The van der Waals surface area contributed by atoms with Gasteiger partial charge >= 0.3 is 7.12 Å². The van der Waals surface area contributed by atoms with E-state index in [0.717, 1.165) is 21.9 Å². The number of allylic oxidation sites excluding steroid dienone is 3. The van der Waals surface area contributed by atoms with Crippen LogP contribution in [-0.4, -0.2) is 69.9 Å². The van der Waals surface area contributed by atoms with Gasteiger partial charge in [0.1, 0.15) is 5.82 Å². The molecule has 3 aromatic carbocycles. The Morgan fingerprint density at radius 1 is 0.882 bits per heavy atom. The van der Waals surface area contributed by atoms with Crippen LogP contribution in [0, 0.1) is 29.5 Å². The summed E-state index contributed by atoms with van der Waals surface area (Å²) >= 11 is 14.7. The summed E-state index contributed by atoms with van der Waals surface area (Å²) in [4.78, 5) is 54.6. The Kier molecular flexibility index (Phi) is 8.53. The molecule has 11 nitrogen and oxygen atoms in total. The number of phenols is 1. The van der Waals surface area contributed by atoms with Crippen LogP contribution in [0.3, 0.4) is 0 Å². The van der Waals surface area contributed by atoms with Crippen LogP contribution in [0.25, 0.3) is 6.08 Å². The van der Waals surface area contributed by atoms with Gasteiger partial charge in [-0.05, 0) is 78.3 Å². The van der Waals surface area contributed by atoms with E-state index in [1.807, 2.05) is 0 Å². The highest BCUT2D eigenvalue weighted by Crippen LogP contribution is 2.63. The van der Waals surface area contributed by atoms with Gasteiger partial charge in [-0.25, -0.2) is 9.29 Å². The number of amides is 4. The summed E-state index contributed by atoms with van der Waals surface area (Å²) in [5, 5.41) is 29.9. The van der Waals surface area contributed by atoms with Crippen molar-refractivity contribution in [2.24, 2.45) is 23.7 Å². The van der Waals surface area contributed by atoms with Crippen LogP contribution >= 0.6 is 23.2 Å². The highest BCUT2D eigenvalue weighted by Gasteiger charge is 2.76. The molecule has 51 heavy (non-hydrogen) atoms. The molecule has 3 aromatic rings. The number of carbonyl (C=O) groups is 4. The average molecular weight is 735 g/mol. The van der Waals surface area contributed by atoms with Gasteiger partial charge in [0.2, 0.25) is 17.6 Å². The number of rotatable bonds is 7. The fourth-order valence-electron chi connectivity index (χ4n) is 7.94. The normalized spacial score (nSPS) is 28.5. The molecule has 262 valence electrons.